The lowest BCUT2D eigenvalue weighted by Crippen LogP contribution is -2.41. The summed E-state index contributed by atoms with van der Waals surface area (Å²) in [7, 11) is -3.38. The van der Waals surface area contributed by atoms with E-state index in [0.29, 0.717) is 19.0 Å². The van der Waals surface area contributed by atoms with Crippen LogP contribution in [0.2, 0.25) is 0 Å². The molecule has 0 aromatic heterocycles. The van der Waals surface area contributed by atoms with Crippen molar-refractivity contribution in [2.75, 3.05) is 31.9 Å². The predicted octanol–water partition coefficient (Wildman–Crippen LogP) is 0.161. The Morgan fingerprint density at radius 3 is 2.81 bits per heavy atom. The number of piperidine rings is 1. The van der Waals surface area contributed by atoms with Crippen molar-refractivity contribution in [2.45, 2.75) is 19.8 Å². The highest BCUT2D eigenvalue weighted by Crippen LogP contribution is 2.14. The SMILES string of the molecule is CCN(CC1CCCNC1)S(=O)(=O)CC#N. The molecule has 0 bridgehead atoms. The largest absolute Gasteiger partial charge is 0.316 e. The molecule has 16 heavy (non-hydrogen) atoms. The summed E-state index contributed by atoms with van der Waals surface area (Å²) in [5, 5.41) is 11.7. The predicted molar refractivity (Wildman–Crippen MR) is 62.2 cm³/mol. The van der Waals surface area contributed by atoms with Gasteiger partial charge in [-0.3, -0.25) is 0 Å². The van der Waals surface area contributed by atoms with E-state index in [1.807, 2.05) is 6.92 Å². The molecule has 1 aliphatic heterocycles. The van der Waals surface area contributed by atoms with Crippen LogP contribution in [0.15, 0.2) is 0 Å². The van der Waals surface area contributed by atoms with Crippen LogP contribution in [0.4, 0.5) is 0 Å². The van der Waals surface area contributed by atoms with Crippen molar-refractivity contribution in [3.05, 3.63) is 0 Å². The molecule has 1 N–H and O–H groups in total. The monoisotopic (exact) mass is 245 g/mol. The van der Waals surface area contributed by atoms with Crippen molar-refractivity contribution >= 4 is 10.0 Å². The van der Waals surface area contributed by atoms with Crippen LogP contribution in [-0.4, -0.2) is 44.7 Å². The van der Waals surface area contributed by atoms with E-state index in [9.17, 15) is 8.42 Å². The third-order valence-electron chi connectivity index (χ3n) is 2.85. The Labute approximate surface area is 97.5 Å². The Kier molecular flexibility index (Phi) is 5.19. The van der Waals surface area contributed by atoms with Crippen molar-refractivity contribution < 1.29 is 8.42 Å². The molecule has 1 heterocycles. The van der Waals surface area contributed by atoms with E-state index in [4.69, 9.17) is 5.26 Å². The number of hydrogen-bond acceptors (Lipinski definition) is 4. The average molecular weight is 245 g/mol. The molecule has 0 saturated carbocycles. The van der Waals surface area contributed by atoms with Crippen LogP contribution in [0, 0.1) is 17.2 Å². The zero-order valence-corrected chi connectivity index (χ0v) is 10.5. The molecule has 0 radical (unpaired) electrons. The van der Waals surface area contributed by atoms with Crippen LogP contribution in [-0.2, 0) is 10.0 Å². The first-order valence-corrected chi connectivity index (χ1v) is 7.26. The molecule has 5 nitrogen and oxygen atoms in total. The minimum Gasteiger partial charge on any atom is -0.316 e. The summed E-state index contributed by atoms with van der Waals surface area (Å²) in [5.41, 5.74) is 0. The summed E-state index contributed by atoms with van der Waals surface area (Å²) in [6.45, 7) is 4.69. The molecule has 0 aromatic rings. The maximum Gasteiger partial charge on any atom is 0.227 e. The third kappa shape index (κ3) is 3.74. The second-order valence-corrected chi connectivity index (χ2v) is 6.05. The third-order valence-corrected chi connectivity index (χ3v) is 4.54. The van der Waals surface area contributed by atoms with E-state index >= 15 is 0 Å². The van der Waals surface area contributed by atoms with E-state index < -0.39 is 15.8 Å². The molecule has 0 amide bonds. The molecule has 0 aromatic carbocycles. The summed E-state index contributed by atoms with van der Waals surface area (Å²) in [6, 6.07) is 1.71. The Morgan fingerprint density at radius 1 is 1.56 bits per heavy atom. The van der Waals surface area contributed by atoms with E-state index in [1.54, 1.807) is 6.07 Å². The van der Waals surface area contributed by atoms with E-state index in [1.165, 1.54) is 4.31 Å². The smallest absolute Gasteiger partial charge is 0.227 e. The van der Waals surface area contributed by atoms with Gasteiger partial charge in [-0.05, 0) is 31.8 Å². The van der Waals surface area contributed by atoms with Gasteiger partial charge in [0.15, 0.2) is 5.75 Å². The minimum absolute atomic E-state index is 0.377. The fraction of sp³-hybridized carbons (Fsp3) is 0.900. The second-order valence-electron chi connectivity index (χ2n) is 4.08. The number of nitrogens with zero attached hydrogens (tertiary/aromatic N) is 2. The van der Waals surface area contributed by atoms with Gasteiger partial charge < -0.3 is 5.32 Å². The van der Waals surface area contributed by atoms with Crippen LogP contribution in [0.5, 0.6) is 0 Å². The topological polar surface area (TPSA) is 73.2 Å². The number of hydrogen-bond donors (Lipinski definition) is 1. The van der Waals surface area contributed by atoms with Gasteiger partial charge in [-0.2, -0.15) is 5.26 Å². The van der Waals surface area contributed by atoms with Gasteiger partial charge in [-0.1, -0.05) is 6.92 Å². The first-order chi connectivity index (χ1) is 7.60. The molecule has 6 heteroatoms. The van der Waals surface area contributed by atoms with Crippen LogP contribution in [0.3, 0.4) is 0 Å². The maximum absolute atomic E-state index is 11.7. The summed E-state index contributed by atoms with van der Waals surface area (Å²) < 4.78 is 24.9. The van der Waals surface area contributed by atoms with Gasteiger partial charge in [0.2, 0.25) is 10.0 Å². The van der Waals surface area contributed by atoms with Crippen LogP contribution < -0.4 is 5.32 Å². The van der Waals surface area contributed by atoms with Crippen molar-refractivity contribution in [1.29, 1.82) is 5.26 Å². The second kappa shape index (κ2) is 6.18. The summed E-state index contributed by atoms with van der Waals surface area (Å²) in [6.07, 6.45) is 2.16. The highest BCUT2D eigenvalue weighted by atomic mass is 32.2. The Hall–Kier alpha value is -0.640. The molecule has 1 aliphatic rings. The average Bonchev–Trinajstić information content (AvgIpc) is 2.27. The number of nitriles is 1. The quantitative estimate of drug-likeness (QED) is 0.749. The molecule has 1 atom stereocenters. The molecule has 1 unspecified atom stereocenters. The molecule has 92 valence electrons. The van der Waals surface area contributed by atoms with Crippen LogP contribution in [0.25, 0.3) is 0 Å². The van der Waals surface area contributed by atoms with Gasteiger partial charge in [-0.25, -0.2) is 12.7 Å². The molecule has 1 fully saturated rings. The van der Waals surface area contributed by atoms with Gasteiger partial charge in [0, 0.05) is 13.1 Å². The van der Waals surface area contributed by atoms with Gasteiger partial charge >= 0.3 is 0 Å². The van der Waals surface area contributed by atoms with E-state index in [2.05, 4.69) is 5.32 Å². The van der Waals surface area contributed by atoms with Gasteiger partial charge in [0.05, 0.1) is 6.07 Å². The van der Waals surface area contributed by atoms with Crippen LogP contribution >= 0.6 is 0 Å². The maximum atomic E-state index is 11.7. The zero-order chi connectivity index (χ0) is 12.0. The van der Waals surface area contributed by atoms with Crippen molar-refractivity contribution in [3.63, 3.8) is 0 Å². The Morgan fingerprint density at radius 2 is 2.31 bits per heavy atom. The number of sulfonamides is 1. The Bertz CT molecular complexity index is 342. The summed E-state index contributed by atoms with van der Waals surface area (Å²) >= 11 is 0. The van der Waals surface area contributed by atoms with Gasteiger partial charge in [0.25, 0.3) is 0 Å². The molecule has 1 rings (SSSR count). The van der Waals surface area contributed by atoms with Crippen LogP contribution in [0.1, 0.15) is 19.8 Å². The highest BCUT2D eigenvalue weighted by Gasteiger charge is 2.24. The fourth-order valence-corrected chi connectivity index (χ4v) is 3.16. The summed E-state index contributed by atoms with van der Waals surface area (Å²) in [4.78, 5) is 0. The number of nitrogens with one attached hydrogen (secondary N) is 1. The molecular formula is C10H19N3O2S. The van der Waals surface area contributed by atoms with Crippen molar-refractivity contribution in [2.24, 2.45) is 5.92 Å². The number of rotatable bonds is 5. The molecule has 0 spiro atoms. The Balaban J connectivity index is 2.57. The normalized spacial score (nSPS) is 21.9. The highest BCUT2D eigenvalue weighted by molar-refractivity contribution is 7.89. The van der Waals surface area contributed by atoms with Gasteiger partial charge in [-0.15, -0.1) is 0 Å². The standard InChI is InChI=1S/C10H19N3O2S/c1-2-13(16(14,15)7-5-11)9-10-4-3-6-12-8-10/h10,12H,2-4,6-9H2,1H3. The molecule has 1 saturated heterocycles. The molecule has 0 aliphatic carbocycles. The minimum atomic E-state index is -3.38. The lowest BCUT2D eigenvalue weighted by Gasteiger charge is -2.28. The summed E-state index contributed by atoms with van der Waals surface area (Å²) in [5.74, 6) is -0.0387. The lowest BCUT2D eigenvalue weighted by atomic mass is 10.00. The van der Waals surface area contributed by atoms with E-state index in [-0.39, 0.29) is 0 Å². The fourth-order valence-electron chi connectivity index (χ4n) is 1.98. The first-order valence-electron chi connectivity index (χ1n) is 5.65. The molecular weight excluding hydrogens is 226 g/mol. The zero-order valence-electron chi connectivity index (χ0n) is 9.65. The lowest BCUT2D eigenvalue weighted by molar-refractivity contribution is 0.298. The van der Waals surface area contributed by atoms with E-state index in [0.717, 1.165) is 25.9 Å². The van der Waals surface area contributed by atoms with Crippen molar-refractivity contribution in [3.8, 4) is 6.07 Å². The van der Waals surface area contributed by atoms with Gasteiger partial charge in [0.1, 0.15) is 0 Å². The first kappa shape index (κ1) is 13.4. The van der Waals surface area contributed by atoms with Crippen molar-refractivity contribution in [1.82, 2.24) is 9.62 Å².